The van der Waals surface area contributed by atoms with E-state index in [0.29, 0.717) is 6.92 Å². The molecule has 0 aliphatic carbocycles. The van der Waals surface area contributed by atoms with Crippen LogP contribution in [0, 0.1) is 0 Å². The fraction of sp³-hybridized carbons (Fsp3) is 0.750. The first kappa shape index (κ1) is 9.31. The molecule has 6 nitrogen and oxygen atoms in total. The minimum atomic E-state index is -3.03. The molecule has 0 spiro atoms. The van der Waals surface area contributed by atoms with Gasteiger partial charge in [-0.1, -0.05) is 0 Å². The number of hydrogen-bond acceptors (Lipinski definition) is 5. The number of aliphatic carboxylic acids is 1. The molecule has 1 unspecified atom stereocenters. The topological polar surface area (TPSA) is 124 Å². The number of aliphatic hydroxyl groups is 3. The van der Waals surface area contributed by atoms with Gasteiger partial charge in [-0.15, -0.1) is 0 Å². The maximum absolute atomic E-state index is 9.97. The number of hydrogen-bond donors (Lipinski definition) is 5. The van der Waals surface area contributed by atoms with Gasteiger partial charge in [0, 0.05) is 0 Å². The minimum absolute atomic E-state index is 0.668. The van der Waals surface area contributed by atoms with Crippen molar-refractivity contribution in [3.05, 3.63) is 0 Å². The van der Waals surface area contributed by atoms with Gasteiger partial charge in [-0.2, -0.15) is 0 Å². The normalized spacial score (nSPS) is 18.1. The molecule has 0 aromatic carbocycles. The maximum Gasteiger partial charge on any atom is 0.356 e. The van der Waals surface area contributed by atoms with Gasteiger partial charge in [0.25, 0.3) is 5.72 Å². The Labute approximate surface area is 56.5 Å². The molecule has 0 saturated heterocycles. The summed E-state index contributed by atoms with van der Waals surface area (Å²) in [4.78, 5) is 9.97. The average Bonchev–Trinajstić information content (AvgIpc) is 1.62. The van der Waals surface area contributed by atoms with E-state index in [-0.39, 0.29) is 0 Å². The molecule has 0 saturated carbocycles. The van der Waals surface area contributed by atoms with E-state index < -0.39 is 17.5 Å². The molecule has 0 aliphatic heterocycles. The highest BCUT2D eigenvalue weighted by molar-refractivity contribution is 5.77. The third kappa shape index (κ3) is 1.42. The molecule has 0 amide bonds. The molecule has 10 heavy (non-hydrogen) atoms. The van der Waals surface area contributed by atoms with Crippen molar-refractivity contribution in [3.63, 3.8) is 0 Å². The van der Waals surface area contributed by atoms with Crippen LogP contribution in [0.15, 0.2) is 0 Å². The molecule has 0 bridgehead atoms. The summed E-state index contributed by atoms with van der Waals surface area (Å²) in [5, 5.41) is 33.7. The first-order valence-electron chi connectivity index (χ1n) is 2.39. The van der Waals surface area contributed by atoms with Crippen LogP contribution >= 0.6 is 0 Å². The van der Waals surface area contributed by atoms with E-state index in [4.69, 9.17) is 20.4 Å². The highest BCUT2D eigenvalue weighted by Gasteiger charge is 2.48. The van der Waals surface area contributed by atoms with Crippen molar-refractivity contribution in [3.8, 4) is 0 Å². The second-order valence-electron chi connectivity index (χ2n) is 2.09. The smallest absolute Gasteiger partial charge is 0.356 e. The van der Waals surface area contributed by atoms with Crippen molar-refractivity contribution in [1.29, 1.82) is 0 Å². The second kappa shape index (κ2) is 2.17. The summed E-state index contributed by atoms with van der Waals surface area (Å²) < 4.78 is 0. The first-order valence-corrected chi connectivity index (χ1v) is 2.39. The van der Waals surface area contributed by atoms with E-state index in [2.05, 4.69) is 5.73 Å². The van der Waals surface area contributed by atoms with Crippen LogP contribution in [-0.4, -0.2) is 37.9 Å². The SMILES string of the molecule is CC(O)(O)C(N)(O)C(=O)O. The van der Waals surface area contributed by atoms with Crippen molar-refractivity contribution in [1.82, 2.24) is 0 Å². The standard InChI is InChI=1S/C4H9NO5/c1-3(8,9)4(5,10)2(6)7/h8-10H,5H2,1H3,(H,6,7). The molecule has 6 N–H and O–H groups in total. The number of nitrogens with two attached hydrogens (primary N) is 1. The molecule has 0 radical (unpaired) electrons. The molecule has 0 heterocycles. The van der Waals surface area contributed by atoms with E-state index in [1.54, 1.807) is 0 Å². The number of rotatable bonds is 2. The molecule has 6 heteroatoms. The Balaban J connectivity index is 4.57. The van der Waals surface area contributed by atoms with Crippen LogP contribution in [0.4, 0.5) is 0 Å². The molecule has 0 rings (SSSR count). The molecule has 0 aliphatic rings. The third-order valence-electron chi connectivity index (χ3n) is 1.05. The van der Waals surface area contributed by atoms with Gasteiger partial charge in [0.05, 0.1) is 0 Å². The Bertz CT molecular complexity index is 146. The highest BCUT2D eigenvalue weighted by Crippen LogP contribution is 2.12. The van der Waals surface area contributed by atoms with Gasteiger partial charge in [0.2, 0.25) is 5.79 Å². The van der Waals surface area contributed by atoms with Crippen molar-refractivity contribution in [2.24, 2.45) is 5.73 Å². The monoisotopic (exact) mass is 151 g/mol. The van der Waals surface area contributed by atoms with Crippen LogP contribution in [0.25, 0.3) is 0 Å². The third-order valence-corrected chi connectivity index (χ3v) is 1.05. The summed E-state index contributed by atoms with van der Waals surface area (Å²) in [6.07, 6.45) is 0. The summed E-state index contributed by atoms with van der Waals surface area (Å²) >= 11 is 0. The first-order chi connectivity index (χ1) is 4.19. The van der Waals surface area contributed by atoms with Crippen LogP contribution in [0.3, 0.4) is 0 Å². The Morgan fingerprint density at radius 3 is 1.70 bits per heavy atom. The molecule has 1 atom stereocenters. The van der Waals surface area contributed by atoms with Crippen molar-refractivity contribution < 1.29 is 25.2 Å². The lowest BCUT2D eigenvalue weighted by Crippen LogP contribution is -2.64. The molecule has 60 valence electrons. The Kier molecular flexibility index (Phi) is 2.02. The van der Waals surface area contributed by atoms with Gasteiger partial charge in [0.15, 0.2) is 0 Å². The maximum atomic E-state index is 9.97. The van der Waals surface area contributed by atoms with Crippen molar-refractivity contribution in [2.75, 3.05) is 0 Å². The highest BCUT2D eigenvalue weighted by atomic mass is 16.5. The predicted molar refractivity (Wildman–Crippen MR) is 29.6 cm³/mol. The lowest BCUT2D eigenvalue weighted by Gasteiger charge is -2.28. The van der Waals surface area contributed by atoms with Gasteiger partial charge in [-0.25, -0.2) is 4.79 Å². The van der Waals surface area contributed by atoms with Crippen LogP contribution in [-0.2, 0) is 4.79 Å². The van der Waals surface area contributed by atoms with Gasteiger partial charge < -0.3 is 20.4 Å². The lowest BCUT2D eigenvalue weighted by molar-refractivity contribution is -0.261. The van der Waals surface area contributed by atoms with E-state index in [9.17, 15) is 4.79 Å². The summed E-state index contributed by atoms with van der Waals surface area (Å²) in [7, 11) is 0. The number of carboxylic acids is 1. The van der Waals surface area contributed by atoms with Crippen LogP contribution in [0.1, 0.15) is 6.92 Å². The molecular formula is C4H9NO5. The van der Waals surface area contributed by atoms with E-state index in [1.807, 2.05) is 0 Å². The van der Waals surface area contributed by atoms with Crippen LogP contribution < -0.4 is 5.73 Å². The zero-order chi connectivity index (χ0) is 8.58. The number of carbonyl (C=O) groups is 1. The van der Waals surface area contributed by atoms with E-state index in [0.717, 1.165) is 0 Å². The zero-order valence-corrected chi connectivity index (χ0v) is 5.27. The summed E-state index contributed by atoms with van der Waals surface area (Å²) in [6, 6.07) is 0. The minimum Gasteiger partial charge on any atom is -0.478 e. The molecule has 0 fully saturated rings. The van der Waals surface area contributed by atoms with Gasteiger partial charge in [0.1, 0.15) is 0 Å². The van der Waals surface area contributed by atoms with Gasteiger partial charge >= 0.3 is 5.97 Å². The predicted octanol–water partition coefficient (Wildman–Crippen LogP) is -2.58. The average molecular weight is 151 g/mol. The fourth-order valence-corrected chi connectivity index (χ4v) is 0.203. The summed E-state index contributed by atoms with van der Waals surface area (Å²) in [5.74, 6) is -4.75. The Hall–Kier alpha value is -0.690. The lowest BCUT2D eigenvalue weighted by atomic mass is 10.1. The summed E-state index contributed by atoms with van der Waals surface area (Å²) in [6.45, 7) is 0.668. The molecule has 0 aromatic rings. The van der Waals surface area contributed by atoms with Crippen LogP contribution in [0.5, 0.6) is 0 Å². The van der Waals surface area contributed by atoms with Crippen molar-refractivity contribution >= 4 is 5.97 Å². The van der Waals surface area contributed by atoms with E-state index >= 15 is 0 Å². The fourth-order valence-electron chi connectivity index (χ4n) is 0.203. The largest absolute Gasteiger partial charge is 0.478 e. The zero-order valence-electron chi connectivity index (χ0n) is 5.27. The van der Waals surface area contributed by atoms with E-state index in [1.165, 1.54) is 0 Å². The molecule has 0 aromatic heterocycles. The number of carboxylic acid groups (broad SMARTS) is 1. The van der Waals surface area contributed by atoms with Crippen LogP contribution in [0.2, 0.25) is 0 Å². The Morgan fingerprint density at radius 1 is 1.40 bits per heavy atom. The molecular weight excluding hydrogens is 142 g/mol. The van der Waals surface area contributed by atoms with Crippen molar-refractivity contribution in [2.45, 2.75) is 18.4 Å². The summed E-state index contributed by atoms with van der Waals surface area (Å²) in [5.41, 5.74) is 1.56. The Morgan fingerprint density at radius 2 is 1.70 bits per heavy atom. The quantitative estimate of drug-likeness (QED) is 0.276. The second-order valence-corrected chi connectivity index (χ2v) is 2.09. The van der Waals surface area contributed by atoms with Gasteiger partial charge in [-0.3, -0.25) is 5.73 Å². The van der Waals surface area contributed by atoms with Gasteiger partial charge in [-0.05, 0) is 6.92 Å².